The van der Waals surface area contributed by atoms with Crippen molar-refractivity contribution < 1.29 is 48.0 Å². The number of rotatable bonds is 9. The van der Waals surface area contributed by atoms with Gasteiger partial charge in [-0.3, -0.25) is 24.1 Å². The first-order chi connectivity index (χ1) is 21.0. The predicted octanol–water partition coefficient (Wildman–Crippen LogP) is -0.529. The lowest BCUT2D eigenvalue weighted by molar-refractivity contribution is -0.687. The number of aliphatic carboxylic acids is 1. The molecule has 0 bridgehead atoms. The maximum absolute atomic E-state index is 13.2. The Bertz CT molecular complexity index is 1790. The number of fused-ring (bicyclic) bond motifs is 2. The second kappa shape index (κ2) is 12.3. The van der Waals surface area contributed by atoms with E-state index in [1.807, 2.05) is 0 Å². The number of hydrogen-bond donors (Lipinski definition) is 2. The fraction of sp³-hybridized carbons (Fsp3) is 0.259. The molecule has 2 aromatic heterocycles. The van der Waals surface area contributed by atoms with Crippen LogP contribution in [0.1, 0.15) is 19.5 Å². The number of amides is 2. The van der Waals surface area contributed by atoms with E-state index in [0.29, 0.717) is 16.3 Å². The highest BCUT2D eigenvalue weighted by Crippen LogP contribution is 2.40. The molecule has 1 saturated heterocycles. The van der Waals surface area contributed by atoms with Gasteiger partial charge in [-0.25, -0.2) is 9.55 Å². The first kappa shape index (κ1) is 30.4. The summed E-state index contributed by atoms with van der Waals surface area (Å²) in [5.74, 6) is -3.76. The van der Waals surface area contributed by atoms with Gasteiger partial charge >= 0.3 is 11.9 Å². The third kappa shape index (κ3) is 6.04. The largest absolute Gasteiger partial charge is 0.543 e. The zero-order valence-electron chi connectivity index (χ0n) is 23.4. The number of carbonyl (C=O) groups is 5. The normalized spacial score (nSPS) is 17.9. The number of esters is 2. The summed E-state index contributed by atoms with van der Waals surface area (Å²) >= 11 is 2.38. The average molecular weight is 641 g/mol. The van der Waals surface area contributed by atoms with Crippen LogP contribution in [0.25, 0.3) is 10.8 Å². The van der Waals surface area contributed by atoms with Gasteiger partial charge in [0.15, 0.2) is 41.3 Å². The second-order valence-corrected chi connectivity index (χ2v) is 11.5. The zero-order chi connectivity index (χ0) is 31.7. The molecule has 2 atom stereocenters. The first-order valence-electron chi connectivity index (χ1n) is 12.8. The molecule has 5 rings (SSSR count). The molecule has 0 spiro atoms. The number of nitrogens with two attached hydrogens (primary N) is 1. The van der Waals surface area contributed by atoms with Crippen molar-refractivity contribution >= 4 is 74.4 Å². The molecule has 2 aliphatic heterocycles. The topological polar surface area (TPSA) is 207 Å². The number of anilines is 1. The van der Waals surface area contributed by atoms with Crippen LogP contribution in [-0.2, 0) is 35.4 Å². The molecule has 4 heterocycles. The van der Waals surface area contributed by atoms with Crippen molar-refractivity contribution in [3.63, 3.8) is 0 Å². The molecule has 44 heavy (non-hydrogen) atoms. The summed E-state index contributed by atoms with van der Waals surface area (Å²) in [5.41, 5.74) is 5.77. The Labute approximate surface area is 257 Å². The number of benzene rings is 1. The SMILES string of the molecule is CON=C(C(=O)NC1C(=O)N2C(C(=O)[O-])=C(C[n+]3ccc4cc(OC(C)=O)c(OC(C)=O)cc4c3)CS[C@H]12)c1csc(N)n1. The van der Waals surface area contributed by atoms with Gasteiger partial charge in [-0.2, -0.15) is 0 Å². The highest BCUT2D eigenvalue weighted by atomic mass is 32.2. The van der Waals surface area contributed by atoms with Gasteiger partial charge < -0.3 is 35.3 Å². The Morgan fingerprint density at radius 2 is 1.86 bits per heavy atom. The maximum atomic E-state index is 13.2. The number of carboxylic acid groups (broad SMARTS) is 1. The van der Waals surface area contributed by atoms with Crippen LogP contribution in [0.15, 0.2) is 52.4 Å². The summed E-state index contributed by atoms with van der Waals surface area (Å²) in [4.78, 5) is 71.4. The van der Waals surface area contributed by atoms with Crippen LogP contribution in [0.5, 0.6) is 11.5 Å². The second-order valence-electron chi connectivity index (χ2n) is 9.53. The molecule has 228 valence electrons. The Hall–Kier alpha value is -5.03. The number of thiazole rings is 1. The number of β-lactam (4-membered cyclic amide) rings is 1. The molecule has 2 aliphatic rings. The lowest BCUT2D eigenvalue weighted by Gasteiger charge is -2.50. The number of carbonyl (C=O) groups excluding carboxylic acids is 5. The quantitative estimate of drug-likeness (QED) is 0.0756. The first-order valence-corrected chi connectivity index (χ1v) is 14.7. The van der Waals surface area contributed by atoms with Gasteiger partial charge in [0.2, 0.25) is 0 Å². The highest BCUT2D eigenvalue weighted by Gasteiger charge is 2.53. The number of thioether (sulfide) groups is 1. The van der Waals surface area contributed by atoms with E-state index in [1.54, 1.807) is 29.1 Å². The Morgan fingerprint density at radius 1 is 1.18 bits per heavy atom. The minimum Gasteiger partial charge on any atom is -0.543 e. The van der Waals surface area contributed by atoms with Gasteiger partial charge in [-0.05, 0) is 17.5 Å². The monoisotopic (exact) mass is 640 g/mol. The van der Waals surface area contributed by atoms with E-state index in [4.69, 9.17) is 20.0 Å². The van der Waals surface area contributed by atoms with E-state index < -0.39 is 41.1 Å². The molecule has 3 N–H and O–H groups in total. The van der Waals surface area contributed by atoms with Crippen molar-refractivity contribution in [2.45, 2.75) is 31.8 Å². The number of hydrogen-bond acceptors (Lipinski definition) is 14. The van der Waals surface area contributed by atoms with E-state index >= 15 is 0 Å². The van der Waals surface area contributed by atoms with Crippen LogP contribution < -0.4 is 30.2 Å². The van der Waals surface area contributed by atoms with E-state index in [0.717, 1.165) is 16.2 Å². The summed E-state index contributed by atoms with van der Waals surface area (Å²) in [6.07, 6.45) is 3.38. The molecular formula is C27H24N6O9S2. The van der Waals surface area contributed by atoms with Crippen molar-refractivity contribution in [1.82, 2.24) is 15.2 Å². The third-order valence-electron chi connectivity index (χ3n) is 6.47. The van der Waals surface area contributed by atoms with Crippen LogP contribution in [0, 0.1) is 0 Å². The average Bonchev–Trinajstić information content (AvgIpc) is 3.39. The summed E-state index contributed by atoms with van der Waals surface area (Å²) in [6.45, 7) is 2.52. The molecule has 0 radical (unpaired) electrons. The molecule has 2 amide bonds. The van der Waals surface area contributed by atoms with Crippen LogP contribution in [0.3, 0.4) is 0 Å². The van der Waals surface area contributed by atoms with E-state index in [-0.39, 0.29) is 46.0 Å². The predicted molar refractivity (Wildman–Crippen MR) is 154 cm³/mol. The van der Waals surface area contributed by atoms with Gasteiger partial charge in [-0.1, -0.05) is 5.16 Å². The molecule has 3 aromatic rings. The number of carboxylic acids is 1. The highest BCUT2D eigenvalue weighted by molar-refractivity contribution is 8.00. The van der Waals surface area contributed by atoms with Crippen molar-refractivity contribution in [2.24, 2.45) is 5.16 Å². The van der Waals surface area contributed by atoms with Crippen molar-refractivity contribution in [3.8, 4) is 11.5 Å². The number of aromatic nitrogens is 2. The summed E-state index contributed by atoms with van der Waals surface area (Å²) in [6, 6.07) is 3.76. The molecule has 1 aromatic carbocycles. The Morgan fingerprint density at radius 3 is 2.45 bits per heavy atom. The number of oxime groups is 1. The van der Waals surface area contributed by atoms with Crippen LogP contribution in [0.4, 0.5) is 5.13 Å². The molecule has 17 heteroatoms. The lowest BCUT2D eigenvalue weighted by Crippen LogP contribution is -2.71. The minimum atomic E-state index is -1.53. The Kier molecular flexibility index (Phi) is 8.50. The molecular weight excluding hydrogens is 616 g/mol. The molecule has 0 aliphatic carbocycles. The van der Waals surface area contributed by atoms with Gasteiger partial charge in [0.05, 0.1) is 11.7 Å². The smallest absolute Gasteiger partial charge is 0.308 e. The van der Waals surface area contributed by atoms with Crippen LogP contribution in [0.2, 0.25) is 0 Å². The van der Waals surface area contributed by atoms with E-state index in [9.17, 15) is 29.1 Å². The lowest BCUT2D eigenvalue weighted by atomic mass is 10.0. The van der Waals surface area contributed by atoms with Gasteiger partial charge in [0.25, 0.3) is 11.8 Å². The third-order valence-corrected chi connectivity index (χ3v) is 8.48. The number of nitrogen functional groups attached to an aromatic ring is 1. The summed E-state index contributed by atoms with van der Waals surface area (Å²) in [5, 5.41) is 20.9. The van der Waals surface area contributed by atoms with Crippen LogP contribution in [-0.4, -0.2) is 69.6 Å². The fourth-order valence-corrected chi connectivity index (χ4v) is 6.61. The summed E-state index contributed by atoms with van der Waals surface area (Å²) in [7, 11) is 1.25. The molecule has 1 unspecified atom stereocenters. The number of pyridine rings is 1. The maximum Gasteiger partial charge on any atom is 0.308 e. The van der Waals surface area contributed by atoms with E-state index in [2.05, 4.69) is 15.5 Å². The number of nitrogens with zero attached hydrogens (tertiary/aromatic N) is 4. The van der Waals surface area contributed by atoms with Gasteiger partial charge in [0, 0.05) is 42.0 Å². The summed E-state index contributed by atoms with van der Waals surface area (Å²) < 4.78 is 12.1. The fourth-order valence-electron chi connectivity index (χ4n) is 4.73. The van der Waals surface area contributed by atoms with Gasteiger partial charge in [0.1, 0.15) is 24.2 Å². The number of nitrogens with one attached hydrogen (secondary N) is 1. The van der Waals surface area contributed by atoms with E-state index in [1.165, 1.54) is 44.2 Å². The van der Waals surface area contributed by atoms with Crippen LogP contribution >= 0.6 is 23.1 Å². The molecule has 15 nitrogen and oxygen atoms in total. The standard InChI is InChI=1S/C27H24N6O9S2/c1-12(34)41-18-6-14-4-5-32(8-15(14)7-19(18)42-13(2)35)9-16-10-43-25-21(24(37)33(25)22(16)26(38)39)30-23(36)20(31-40-3)17-11-44-27(28)29-17/h4-8,11,21,25H,9-10H2,1-3H3,(H3-,28,29,30,36,38,39)/t21?,25-/m1/s1. The molecule has 0 saturated carbocycles. The number of ether oxygens (including phenoxy) is 2. The Balaban J connectivity index is 1.38. The molecule has 1 fully saturated rings. The van der Waals surface area contributed by atoms with Crippen molar-refractivity contribution in [1.29, 1.82) is 0 Å². The van der Waals surface area contributed by atoms with Gasteiger partial charge in [-0.15, -0.1) is 23.1 Å². The van der Waals surface area contributed by atoms with Crippen molar-refractivity contribution in [3.05, 3.63) is 52.9 Å². The zero-order valence-corrected chi connectivity index (χ0v) is 25.0. The van der Waals surface area contributed by atoms with Crippen molar-refractivity contribution in [2.75, 3.05) is 18.6 Å². The minimum absolute atomic E-state index is 0.0415.